The molecule has 4 nitrogen and oxygen atoms in total. The van der Waals surface area contributed by atoms with Gasteiger partial charge in [0.25, 0.3) is 0 Å². The van der Waals surface area contributed by atoms with Gasteiger partial charge < -0.3 is 4.74 Å². The molecule has 0 spiro atoms. The van der Waals surface area contributed by atoms with Gasteiger partial charge in [-0.1, -0.05) is 121 Å². The van der Waals surface area contributed by atoms with Crippen LogP contribution in [0.3, 0.4) is 0 Å². The zero-order chi connectivity index (χ0) is 24.5. The van der Waals surface area contributed by atoms with Crippen LogP contribution in [0.1, 0.15) is 44.4 Å². The van der Waals surface area contributed by atoms with Crippen LogP contribution in [0.25, 0.3) is 0 Å². The predicted molar refractivity (Wildman–Crippen MR) is 135 cm³/mol. The van der Waals surface area contributed by atoms with Gasteiger partial charge in [0.2, 0.25) is 0 Å². The van der Waals surface area contributed by atoms with Gasteiger partial charge in [-0.15, -0.1) is 0 Å². The fourth-order valence-electron chi connectivity index (χ4n) is 4.04. The number of carbonyl (C=O) groups is 3. The molecule has 0 radical (unpaired) electrons. The Morgan fingerprint density at radius 1 is 0.571 bits per heavy atom. The third kappa shape index (κ3) is 6.39. The average molecular weight is 463 g/mol. The summed E-state index contributed by atoms with van der Waals surface area (Å²) in [5, 5.41) is 0. The van der Waals surface area contributed by atoms with Crippen molar-refractivity contribution in [2.24, 2.45) is 5.92 Å². The molecule has 0 bridgehead atoms. The normalized spacial score (nSPS) is 11.6. The van der Waals surface area contributed by atoms with E-state index in [0.717, 1.165) is 11.1 Å². The second-order valence-corrected chi connectivity index (χ2v) is 8.30. The molecule has 0 aliphatic heterocycles. The van der Waals surface area contributed by atoms with E-state index in [9.17, 15) is 14.4 Å². The Balaban J connectivity index is 1.64. The smallest absolute Gasteiger partial charge is 0.310 e. The van der Waals surface area contributed by atoms with E-state index < -0.39 is 18.0 Å². The number of hydrogen-bond acceptors (Lipinski definition) is 4. The number of ketones is 2. The lowest BCUT2D eigenvalue weighted by molar-refractivity contribution is -0.149. The van der Waals surface area contributed by atoms with Crippen LogP contribution in [0.2, 0.25) is 0 Å². The van der Waals surface area contributed by atoms with E-state index in [4.69, 9.17) is 4.74 Å². The monoisotopic (exact) mass is 462 g/mol. The number of hydrogen-bond donors (Lipinski definition) is 0. The second kappa shape index (κ2) is 11.7. The molecule has 0 aliphatic carbocycles. The van der Waals surface area contributed by atoms with Gasteiger partial charge in [-0.2, -0.15) is 0 Å². The second-order valence-electron chi connectivity index (χ2n) is 8.30. The maximum atomic E-state index is 13.5. The Kier molecular flexibility index (Phi) is 7.97. The fraction of sp³-hybridized carbons (Fsp3) is 0.129. The summed E-state index contributed by atoms with van der Waals surface area (Å²) in [6.45, 7) is 0. The van der Waals surface area contributed by atoms with Gasteiger partial charge in [-0.3, -0.25) is 14.4 Å². The van der Waals surface area contributed by atoms with E-state index in [0.29, 0.717) is 11.1 Å². The van der Waals surface area contributed by atoms with Gasteiger partial charge in [0.15, 0.2) is 11.6 Å². The summed E-state index contributed by atoms with van der Waals surface area (Å²) in [6, 6.07) is 36.1. The number of benzene rings is 4. The zero-order valence-electron chi connectivity index (χ0n) is 19.2. The Morgan fingerprint density at radius 2 is 1.00 bits per heavy atom. The minimum atomic E-state index is -1.01. The first-order valence-corrected chi connectivity index (χ1v) is 11.6. The molecule has 4 aromatic carbocycles. The standard InChI is InChI=1S/C31H26O4/c32-29(21-23-13-5-1-6-14-23)35-28(24-15-7-2-8-16-24)22-27(30(33)25-17-9-3-10-18-25)31(34)26-19-11-4-12-20-26/h1-20,27-28H,21-22H2. The molecule has 0 heterocycles. The van der Waals surface area contributed by atoms with Crippen LogP contribution < -0.4 is 0 Å². The minimum Gasteiger partial charge on any atom is -0.457 e. The molecule has 0 amide bonds. The van der Waals surface area contributed by atoms with Gasteiger partial charge in [0.1, 0.15) is 6.10 Å². The van der Waals surface area contributed by atoms with Gasteiger partial charge in [-0.05, 0) is 11.1 Å². The van der Waals surface area contributed by atoms with Crippen molar-refractivity contribution < 1.29 is 19.1 Å². The third-order valence-electron chi connectivity index (χ3n) is 5.84. The first kappa shape index (κ1) is 23.8. The van der Waals surface area contributed by atoms with Crippen molar-refractivity contribution >= 4 is 17.5 Å². The first-order valence-electron chi connectivity index (χ1n) is 11.6. The highest BCUT2D eigenvalue weighted by atomic mass is 16.5. The Bertz CT molecular complexity index is 1200. The molecule has 35 heavy (non-hydrogen) atoms. The molecular weight excluding hydrogens is 436 g/mol. The topological polar surface area (TPSA) is 60.4 Å². The van der Waals surface area contributed by atoms with E-state index in [2.05, 4.69) is 0 Å². The zero-order valence-corrected chi connectivity index (χ0v) is 19.2. The van der Waals surface area contributed by atoms with Gasteiger partial charge in [-0.25, -0.2) is 0 Å². The highest BCUT2D eigenvalue weighted by molar-refractivity contribution is 6.16. The summed E-state index contributed by atoms with van der Waals surface area (Å²) >= 11 is 0. The van der Waals surface area contributed by atoms with Crippen LogP contribution >= 0.6 is 0 Å². The van der Waals surface area contributed by atoms with Crippen molar-refractivity contribution in [2.45, 2.75) is 18.9 Å². The van der Waals surface area contributed by atoms with Crippen molar-refractivity contribution in [3.05, 3.63) is 144 Å². The largest absolute Gasteiger partial charge is 0.457 e. The van der Waals surface area contributed by atoms with E-state index >= 15 is 0 Å². The summed E-state index contributed by atoms with van der Waals surface area (Å²) in [5.74, 6) is -2.00. The predicted octanol–water partition coefficient (Wildman–Crippen LogP) is 6.29. The maximum absolute atomic E-state index is 13.5. The number of carbonyl (C=O) groups excluding carboxylic acids is 3. The summed E-state index contributed by atoms with van der Waals surface area (Å²) in [7, 11) is 0. The van der Waals surface area contributed by atoms with Crippen molar-refractivity contribution in [2.75, 3.05) is 0 Å². The molecule has 1 atom stereocenters. The number of Topliss-reactive ketones (excluding diaryl/α,β-unsaturated/α-hetero) is 2. The molecule has 0 saturated carbocycles. The summed E-state index contributed by atoms with van der Waals surface area (Å²) in [5.41, 5.74) is 2.47. The Morgan fingerprint density at radius 3 is 1.49 bits per heavy atom. The maximum Gasteiger partial charge on any atom is 0.310 e. The quantitative estimate of drug-likeness (QED) is 0.158. The van der Waals surface area contributed by atoms with Crippen LogP contribution in [-0.2, 0) is 16.0 Å². The molecule has 0 N–H and O–H groups in total. The van der Waals surface area contributed by atoms with Gasteiger partial charge in [0, 0.05) is 17.5 Å². The molecule has 174 valence electrons. The fourth-order valence-corrected chi connectivity index (χ4v) is 4.04. The summed E-state index contributed by atoms with van der Waals surface area (Å²) < 4.78 is 5.90. The lowest BCUT2D eigenvalue weighted by Gasteiger charge is -2.23. The number of rotatable bonds is 10. The molecular formula is C31H26O4. The summed E-state index contributed by atoms with van der Waals surface area (Å²) in [6.07, 6.45) is -0.599. The average Bonchev–Trinajstić information content (AvgIpc) is 2.92. The van der Waals surface area contributed by atoms with Crippen LogP contribution in [0, 0.1) is 5.92 Å². The van der Waals surface area contributed by atoms with Gasteiger partial charge in [0.05, 0.1) is 12.3 Å². The van der Waals surface area contributed by atoms with Crippen molar-refractivity contribution in [1.29, 1.82) is 0 Å². The lowest BCUT2D eigenvalue weighted by atomic mass is 9.84. The van der Waals surface area contributed by atoms with E-state index in [1.807, 2.05) is 72.8 Å². The summed E-state index contributed by atoms with van der Waals surface area (Å²) in [4.78, 5) is 39.9. The van der Waals surface area contributed by atoms with E-state index in [1.54, 1.807) is 48.5 Å². The Hall–Kier alpha value is -4.31. The van der Waals surface area contributed by atoms with E-state index in [1.165, 1.54) is 0 Å². The number of ether oxygens (including phenoxy) is 1. The van der Waals surface area contributed by atoms with E-state index in [-0.39, 0.29) is 24.4 Å². The molecule has 0 fully saturated rings. The molecule has 1 unspecified atom stereocenters. The SMILES string of the molecule is O=C(Cc1ccccc1)OC(CC(C(=O)c1ccccc1)C(=O)c1ccccc1)c1ccccc1. The Labute approximate surface area is 205 Å². The third-order valence-corrected chi connectivity index (χ3v) is 5.84. The number of esters is 1. The molecule has 4 rings (SSSR count). The van der Waals surface area contributed by atoms with Crippen LogP contribution in [0.5, 0.6) is 0 Å². The molecule has 0 saturated heterocycles. The van der Waals surface area contributed by atoms with Crippen molar-refractivity contribution in [3.63, 3.8) is 0 Å². The molecule has 4 heteroatoms. The molecule has 4 aromatic rings. The van der Waals surface area contributed by atoms with Gasteiger partial charge >= 0.3 is 5.97 Å². The highest BCUT2D eigenvalue weighted by Crippen LogP contribution is 2.30. The first-order chi connectivity index (χ1) is 17.1. The van der Waals surface area contributed by atoms with Crippen LogP contribution in [-0.4, -0.2) is 17.5 Å². The lowest BCUT2D eigenvalue weighted by Crippen LogP contribution is -2.28. The molecule has 0 aliphatic rings. The van der Waals surface area contributed by atoms with Crippen LogP contribution in [0.4, 0.5) is 0 Å². The molecule has 0 aromatic heterocycles. The van der Waals surface area contributed by atoms with Crippen LogP contribution in [0.15, 0.2) is 121 Å². The van der Waals surface area contributed by atoms with Crippen molar-refractivity contribution in [3.8, 4) is 0 Å². The van der Waals surface area contributed by atoms with Crippen molar-refractivity contribution in [1.82, 2.24) is 0 Å². The highest BCUT2D eigenvalue weighted by Gasteiger charge is 2.33. The minimum absolute atomic E-state index is 0.0476.